The van der Waals surface area contributed by atoms with Gasteiger partial charge in [0, 0.05) is 23.3 Å². The molecule has 0 atom stereocenters. The van der Waals surface area contributed by atoms with Gasteiger partial charge in [-0.05, 0) is 19.9 Å². The number of carboxylic acid groups (broad SMARTS) is 1. The van der Waals surface area contributed by atoms with E-state index in [2.05, 4.69) is 0 Å². The minimum absolute atomic E-state index is 0.187. The van der Waals surface area contributed by atoms with Gasteiger partial charge in [-0.25, -0.2) is 4.79 Å². The summed E-state index contributed by atoms with van der Waals surface area (Å²) in [6, 6.07) is 1.70. The second kappa shape index (κ2) is 6.11. The van der Waals surface area contributed by atoms with Crippen LogP contribution in [-0.2, 0) is 21.5 Å². The lowest BCUT2D eigenvalue weighted by Crippen LogP contribution is -2.20. The van der Waals surface area contributed by atoms with E-state index in [1.165, 1.54) is 0 Å². The molecule has 5 nitrogen and oxygen atoms in total. The fourth-order valence-corrected chi connectivity index (χ4v) is 2.21. The van der Waals surface area contributed by atoms with E-state index < -0.39 is 5.97 Å². The van der Waals surface area contributed by atoms with Crippen molar-refractivity contribution in [2.24, 2.45) is 0 Å². The predicted octanol–water partition coefficient (Wildman–Crippen LogP) is 2.75. The molecule has 1 heterocycles. The molecule has 1 aromatic rings. The van der Waals surface area contributed by atoms with Crippen LogP contribution >= 0.6 is 0 Å². The quantitative estimate of drug-likeness (QED) is 0.843. The lowest BCUT2D eigenvalue weighted by Gasteiger charge is -2.22. The first-order valence-corrected chi connectivity index (χ1v) is 6.78. The molecule has 5 heteroatoms. The summed E-state index contributed by atoms with van der Waals surface area (Å²) in [5, 5.41) is 9.23. The molecule has 1 aromatic heterocycles. The van der Waals surface area contributed by atoms with Gasteiger partial charge in [0.15, 0.2) is 0 Å². The van der Waals surface area contributed by atoms with Gasteiger partial charge in [-0.1, -0.05) is 20.8 Å². The molecule has 20 heavy (non-hydrogen) atoms. The number of aromatic carboxylic acids is 1. The van der Waals surface area contributed by atoms with E-state index in [9.17, 15) is 14.7 Å². The minimum Gasteiger partial charge on any atom is -0.478 e. The third-order valence-electron chi connectivity index (χ3n) is 3.21. The topological polar surface area (TPSA) is 68.5 Å². The zero-order valence-electron chi connectivity index (χ0n) is 12.8. The zero-order valence-corrected chi connectivity index (χ0v) is 12.8. The molecule has 0 spiro atoms. The predicted molar refractivity (Wildman–Crippen MR) is 76.1 cm³/mol. The monoisotopic (exact) mass is 281 g/mol. The normalized spacial score (nSPS) is 11.4. The van der Waals surface area contributed by atoms with Crippen molar-refractivity contribution >= 4 is 11.9 Å². The molecule has 112 valence electrons. The highest BCUT2D eigenvalue weighted by Gasteiger charge is 2.24. The Morgan fingerprint density at radius 2 is 1.95 bits per heavy atom. The van der Waals surface area contributed by atoms with E-state index in [1.807, 2.05) is 25.3 Å². The molecule has 0 fully saturated rings. The van der Waals surface area contributed by atoms with Gasteiger partial charge in [-0.3, -0.25) is 4.79 Å². The molecule has 0 unspecified atom stereocenters. The molecule has 0 aliphatic heterocycles. The van der Waals surface area contributed by atoms with Gasteiger partial charge in [0.2, 0.25) is 0 Å². The van der Waals surface area contributed by atoms with Crippen molar-refractivity contribution in [3.8, 4) is 0 Å². The lowest BCUT2D eigenvalue weighted by molar-refractivity contribution is -0.143. The van der Waals surface area contributed by atoms with Crippen molar-refractivity contribution in [1.29, 1.82) is 0 Å². The number of carboxylic acids is 1. The summed E-state index contributed by atoms with van der Waals surface area (Å²) in [7, 11) is 0. The lowest BCUT2D eigenvalue weighted by atomic mass is 9.92. The average Bonchev–Trinajstić information content (AvgIpc) is 2.64. The molecule has 0 amide bonds. The molecule has 0 saturated carbocycles. The maximum atomic E-state index is 11.5. The number of aromatic nitrogens is 1. The van der Waals surface area contributed by atoms with E-state index in [4.69, 9.17) is 4.74 Å². The van der Waals surface area contributed by atoms with E-state index in [-0.39, 0.29) is 17.8 Å². The standard InChI is InChI=1S/C15H23NO4/c1-6-20-13(17)7-8-16-10(2)11(14(18)19)9-12(16)15(3,4)5/h9H,6-8H2,1-5H3,(H,18,19). The minimum atomic E-state index is -0.942. The summed E-state index contributed by atoms with van der Waals surface area (Å²) in [4.78, 5) is 22.7. The average molecular weight is 281 g/mol. The highest BCUT2D eigenvalue weighted by Crippen LogP contribution is 2.28. The maximum absolute atomic E-state index is 11.5. The van der Waals surface area contributed by atoms with Crippen LogP contribution in [0.1, 0.15) is 55.9 Å². The molecule has 0 aliphatic rings. The van der Waals surface area contributed by atoms with Crippen molar-refractivity contribution in [2.45, 2.75) is 53.0 Å². The zero-order chi connectivity index (χ0) is 15.5. The van der Waals surface area contributed by atoms with Gasteiger partial charge in [-0.15, -0.1) is 0 Å². The molecule has 1 rings (SSSR count). The molecule has 0 saturated heterocycles. The van der Waals surface area contributed by atoms with Gasteiger partial charge < -0.3 is 14.4 Å². The van der Waals surface area contributed by atoms with Crippen LogP contribution in [0, 0.1) is 6.92 Å². The number of nitrogens with zero attached hydrogens (tertiary/aromatic N) is 1. The van der Waals surface area contributed by atoms with Crippen molar-refractivity contribution in [3.63, 3.8) is 0 Å². The van der Waals surface area contributed by atoms with Gasteiger partial charge >= 0.3 is 11.9 Å². The van der Waals surface area contributed by atoms with Crippen LogP contribution in [0.4, 0.5) is 0 Å². The molecule has 0 aromatic carbocycles. The highest BCUT2D eigenvalue weighted by atomic mass is 16.5. The first-order chi connectivity index (χ1) is 9.18. The Bertz CT molecular complexity index is 509. The van der Waals surface area contributed by atoms with Gasteiger partial charge in [-0.2, -0.15) is 0 Å². The van der Waals surface area contributed by atoms with E-state index in [1.54, 1.807) is 19.9 Å². The Kier molecular flexibility index (Phi) is 4.98. The summed E-state index contributed by atoms with van der Waals surface area (Å²) in [5.41, 5.74) is 1.69. The molecular weight excluding hydrogens is 258 g/mol. The van der Waals surface area contributed by atoms with Crippen molar-refractivity contribution in [1.82, 2.24) is 4.57 Å². The molecule has 0 aliphatic carbocycles. The molecule has 0 radical (unpaired) electrons. The Hall–Kier alpha value is -1.78. The van der Waals surface area contributed by atoms with E-state index in [0.717, 1.165) is 5.69 Å². The van der Waals surface area contributed by atoms with Gasteiger partial charge in [0.05, 0.1) is 18.6 Å². The van der Waals surface area contributed by atoms with Crippen LogP contribution in [0.15, 0.2) is 6.07 Å². The van der Waals surface area contributed by atoms with Crippen LogP contribution in [-0.4, -0.2) is 28.2 Å². The second-order valence-corrected chi connectivity index (χ2v) is 5.79. The number of ether oxygens (including phenoxy) is 1. The Labute approximate surface area is 119 Å². The van der Waals surface area contributed by atoms with E-state index in [0.29, 0.717) is 24.4 Å². The van der Waals surface area contributed by atoms with E-state index >= 15 is 0 Å². The molecule has 0 bridgehead atoms. The third-order valence-corrected chi connectivity index (χ3v) is 3.21. The SMILES string of the molecule is CCOC(=O)CCn1c(C(C)(C)C)cc(C(=O)O)c1C. The van der Waals surface area contributed by atoms with Crippen LogP contribution < -0.4 is 0 Å². The molecular formula is C15H23NO4. The second-order valence-electron chi connectivity index (χ2n) is 5.79. The number of hydrogen-bond acceptors (Lipinski definition) is 3. The fraction of sp³-hybridized carbons (Fsp3) is 0.600. The number of rotatable bonds is 5. The first-order valence-electron chi connectivity index (χ1n) is 6.78. The summed E-state index contributed by atoms with van der Waals surface area (Å²) in [6.45, 7) is 10.4. The Balaban J connectivity index is 3.09. The summed E-state index contributed by atoms with van der Waals surface area (Å²) < 4.78 is 6.82. The smallest absolute Gasteiger partial charge is 0.337 e. The number of carbonyl (C=O) groups is 2. The van der Waals surface area contributed by atoms with Gasteiger partial charge in [0.1, 0.15) is 0 Å². The van der Waals surface area contributed by atoms with Crippen LogP contribution in [0.5, 0.6) is 0 Å². The number of carbonyl (C=O) groups excluding carboxylic acids is 1. The van der Waals surface area contributed by atoms with Crippen molar-refractivity contribution in [2.75, 3.05) is 6.61 Å². The van der Waals surface area contributed by atoms with Crippen LogP contribution in [0.3, 0.4) is 0 Å². The number of esters is 1. The first kappa shape index (κ1) is 16.3. The van der Waals surface area contributed by atoms with Crippen LogP contribution in [0.25, 0.3) is 0 Å². The Morgan fingerprint density at radius 1 is 1.35 bits per heavy atom. The maximum Gasteiger partial charge on any atom is 0.337 e. The molecule has 1 N–H and O–H groups in total. The summed E-state index contributed by atoms with van der Waals surface area (Å²) >= 11 is 0. The Morgan fingerprint density at radius 3 is 2.40 bits per heavy atom. The highest BCUT2D eigenvalue weighted by molar-refractivity contribution is 5.89. The van der Waals surface area contributed by atoms with Gasteiger partial charge in [0.25, 0.3) is 0 Å². The van der Waals surface area contributed by atoms with Crippen LogP contribution in [0.2, 0.25) is 0 Å². The largest absolute Gasteiger partial charge is 0.478 e. The third kappa shape index (κ3) is 3.62. The number of hydrogen-bond donors (Lipinski definition) is 1. The summed E-state index contributed by atoms with van der Waals surface area (Å²) in [5.74, 6) is -1.21. The van der Waals surface area contributed by atoms with Crippen molar-refractivity contribution < 1.29 is 19.4 Å². The fourth-order valence-electron chi connectivity index (χ4n) is 2.21. The van der Waals surface area contributed by atoms with Crippen molar-refractivity contribution in [3.05, 3.63) is 23.0 Å². The summed E-state index contributed by atoms with van der Waals surface area (Å²) in [6.07, 6.45) is 0.242.